The Kier molecular flexibility index (Phi) is 9.13. The summed E-state index contributed by atoms with van der Waals surface area (Å²) in [6.45, 7) is 9.58. The Hall–Kier alpha value is 0.0700. The third-order valence-electron chi connectivity index (χ3n) is 10.2. The van der Waals surface area contributed by atoms with Crippen LogP contribution in [0.2, 0.25) is 0 Å². The van der Waals surface area contributed by atoms with E-state index >= 15 is 0 Å². The number of nitrogens with zero attached hydrogens (tertiary/aromatic N) is 2. The van der Waals surface area contributed by atoms with Gasteiger partial charge in [0.1, 0.15) is 6.23 Å². The van der Waals surface area contributed by atoms with Gasteiger partial charge in [-0.1, -0.05) is 24.8 Å². The molecule has 206 valence electrons. The first-order valence-electron chi connectivity index (χ1n) is 15.1. The van der Waals surface area contributed by atoms with Gasteiger partial charge in [0.2, 0.25) is 0 Å². The van der Waals surface area contributed by atoms with Crippen LogP contribution in [0, 0.1) is 23.7 Å². The molecule has 4 bridgehead atoms. The van der Waals surface area contributed by atoms with Gasteiger partial charge in [-0.3, -0.25) is 4.90 Å². The van der Waals surface area contributed by atoms with Crippen LogP contribution in [0.15, 0.2) is 0 Å². The molecule has 8 heteroatoms. The molecule has 0 amide bonds. The minimum absolute atomic E-state index is 0.204. The molecular weight excluding hydrogens is 472 g/mol. The Morgan fingerprint density at radius 1 is 0.889 bits per heavy atom. The summed E-state index contributed by atoms with van der Waals surface area (Å²) in [5.41, 5.74) is 0. The largest absolute Gasteiger partial charge is 0.375 e. The van der Waals surface area contributed by atoms with Crippen molar-refractivity contribution in [3.63, 3.8) is 0 Å². The van der Waals surface area contributed by atoms with E-state index in [2.05, 4.69) is 26.9 Å². The first-order chi connectivity index (χ1) is 17.7. The topological polar surface area (TPSA) is 58.2 Å². The molecule has 0 radical (unpaired) electrons. The average Bonchev–Trinajstić information content (AvgIpc) is 3.32. The summed E-state index contributed by atoms with van der Waals surface area (Å²) in [5, 5.41) is 4.41. The number of hydrogen-bond acceptors (Lipinski definition) is 8. The lowest BCUT2D eigenvalue weighted by atomic mass is 9.70. The molecule has 0 spiro atoms. The highest BCUT2D eigenvalue weighted by Crippen LogP contribution is 2.44. The second-order valence-corrected chi connectivity index (χ2v) is 13.7. The van der Waals surface area contributed by atoms with Crippen molar-refractivity contribution in [3.8, 4) is 0 Å². The molecule has 36 heavy (non-hydrogen) atoms. The Bertz CT molecular complexity index is 688. The van der Waals surface area contributed by atoms with E-state index in [4.69, 9.17) is 14.2 Å². The molecule has 7 nitrogen and oxygen atoms in total. The van der Waals surface area contributed by atoms with E-state index < -0.39 is 0 Å². The van der Waals surface area contributed by atoms with Crippen molar-refractivity contribution < 1.29 is 14.2 Å². The van der Waals surface area contributed by atoms with Gasteiger partial charge in [0.25, 0.3) is 0 Å². The standard InChI is InChI=1S/C28H50N4O3S/c1-31-10-12-32(13-11-31)18-24-19-34-23-4-2-3-20(15-23)9-14-33-28-27-25(16-29-17-26(27)36-30-28)21-5-7-22(35-24)8-6-21/h20-30H,2-19H2,1H3. The zero-order valence-electron chi connectivity index (χ0n) is 22.5. The Balaban J connectivity index is 1.14. The van der Waals surface area contributed by atoms with E-state index in [-0.39, 0.29) is 12.3 Å². The van der Waals surface area contributed by atoms with Crippen molar-refractivity contribution >= 4 is 11.9 Å². The number of ether oxygens (including phenoxy) is 3. The van der Waals surface area contributed by atoms with Gasteiger partial charge >= 0.3 is 0 Å². The maximum Gasteiger partial charge on any atom is 0.121 e. The zero-order chi connectivity index (χ0) is 24.3. The highest BCUT2D eigenvalue weighted by molar-refractivity contribution is 7.98. The number of rotatable bonds is 2. The van der Waals surface area contributed by atoms with Gasteiger partial charge in [-0.2, -0.15) is 0 Å². The lowest BCUT2D eigenvalue weighted by Crippen LogP contribution is -2.51. The van der Waals surface area contributed by atoms with Crippen LogP contribution in [0.5, 0.6) is 0 Å². The number of hydrogen-bond donors (Lipinski definition) is 2. The fourth-order valence-electron chi connectivity index (χ4n) is 7.98. The Morgan fingerprint density at radius 3 is 2.61 bits per heavy atom. The molecular formula is C28H50N4O3S. The third-order valence-corrected chi connectivity index (χ3v) is 11.3. The summed E-state index contributed by atoms with van der Waals surface area (Å²) in [5.74, 6) is 2.89. The van der Waals surface area contributed by atoms with Gasteiger partial charge in [0.05, 0.1) is 24.9 Å². The summed E-state index contributed by atoms with van der Waals surface area (Å²) < 4.78 is 23.8. The van der Waals surface area contributed by atoms with Crippen molar-refractivity contribution in [1.29, 1.82) is 0 Å². The van der Waals surface area contributed by atoms with Crippen LogP contribution in [0.25, 0.3) is 0 Å². The summed E-state index contributed by atoms with van der Waals surface area (Å²) in [6, 6.07) is 0. The zero-order valence-corrected chi connectivity index (χ0v) is 23.3. The Labute approximate surface area is 223 Å². The molecule has 2 aliphatic carbocycles. The molecule has 0 aromatic carbocycles. The molecule has 2 saturated carbocycles. The Morgan fingerprint density at radius 2 is 1.75 bits per heavy atom. The summed E-state index contributed by atoms with van der Waals surface area (Å²) in [7, 11) is 2.24. The summed E-state index contributed by atoms with van der Waals surface area (Å²) in [6.07, 6.45) is 12.4. The van der Waals surface area contributed by atoms with E-state index in [0.717, 1.165) is 76.8 Å². The van der Waals surface area contributed by atoms with Crippen molar-refractivity contribution in [2.75, 3.05) is 66.1 Å². The van der Waals surface area contributed by atoms with E-state index in [1.165, 1.54) is 57.8 Å². The van der Waals surface area contributed by atoms with Gasteiger partial charge in [0, 0.05) is 57.0 Å². The highest BCUT2D eigenvalue weighted by atomic mass is 32.2. The number of nitrogens with one attached hydrogen (secondary N) is 2. The molecule has 7 aliphatic rings. The van der Waals surface area contributed by atoms with Crippen LogP contribution in [0.4, 0.5) is 0 Å². The minimum atomic E-state index is 0.204. The summed E-state index contributed by atoms with van der Waals surface area (Å²) in [4.78, 5) is 5.05. The quantitative estimate of drug-likeness (QED) is 0.537. The fraction of sp³-hybridized carbons (Fsp3) is 1.00. The number of fused-ring (bicyclic) bond motifs is 7. The lowest BCUT2D eigenvalue weighted by molar-refractivity contribution is -0.107. The van der Waals surface area contributed by atoms with E-state index in [1.54, 1.807) is 0 Å². The van der Waals surface area contributed by atoms with Crippen LogP contribution in [-0.4, -0.2) is 106 Å². The minimum Gasteiger partial charge on any atom is -0.375 e. The predicted molar refractivity (Wildman–Crippen MR) is 145 cm³/mol. The average molecular weight is 523 g/mol. The highest BCUT2D eigenvalue weighted by Gasteiger charge is 2.47. The van der Waals surface area contributed by atoms with E-state index in [1.807, 2.05) is 11.9 Å². The van der Waals surface area contributed by atoms with Crippen molar-refractivity contribution in [2.45, 2.75) is 87.6 Å². The second kappa shape index (κ2) is 12.5. The van der Waals surface area contributed by atoms with Gasteiger partial charge < -0.3 is 24.4 Å². The SMILES string of the molecule is CN1CCN(CC2COC3CCCC(CCOC4NSC5CNCC(C6CCC(CC6)O2)C45)C3)CC1. The first-order valence-corrected chi connectivity index (χ1v) is 16.0. The predicted octanol–water partition coefficient (Wildman–Crippen LogP) is 2.96. The third kappa shape index (κ3) is 6.44. The molecule has 7 atom stereocenters. The number of piperidine rings is 1. The molecule has 0 aromatic rings. The van der Waals surface area contributed by atoms with Crippen molar-refractivity contribution in [2.24, 2.45) is 23.7 Å². The molecule has 0 aromatic heterocycles. The van der Waals surface area contributed by atoms with Crippen LogP contribution in [0.3, 0.4) is 0 Å². The monoisotopic (exact) mass is 522 g/mol. The van der Waals surface area contributed by atoms with Gasteiger partial charge in [0.15, 0.2) is 0 Å². The normalized spacial score (nSPS) is 45.8. The van der Waals surface area contributed by atoms with Gasteiger partial charge in [-0.25, -0.2) is 4.72 Å². The number of piperazine rings is 1. The van der Waals surface area contributed by atoms with Crippen LogP contribution < -0.4 is 10.0 Å². The number of likely N-dealkylation sites (N-methyl/N-ethyl adjacent to an activating group) is 1. The molecule has 2 N–H and O–H groups in total. The molecule has 5 heterocycles. The van der Waals surface area contributed by atoms with Crippen LogP contribution in [0.1, 0.15) is 57.8 Å². The molecule has 5 aliphatic heterocycles. The summed E-state index contributed by atoms with van der Waals surface area (Å²) >= 11 is 1.93. The van der Waals surface area contributed by atoms with Crippen LogP contribution in [-0.2, 0) is 14.2 Å². The fourth-order valence-corrected chi connectivity index (χ4v) is 9.21. The van der Waals surface area contributed by atoms with Crippen LogP contribution >= 0.6 is 11.9 Å². The molecule has 7 rings (SSSR count). The smallest absolute Gasteiger partial charge is 0.121 e. The van der Waals surface area contributed by atoms with E-state index in [9.17, 15) is 0 Å². The lowest BCUT2D eigenvalue weighted by Gasteiger charge is -2.43. The molecule has 7 unspecified atom stereocenters. The van der Waals surface area contributed by atoms with Gasteiger partial charge in [-0.05, 0) is 76.3 Å². The van der Waals surface area contributed by atoms with Gasteiger partial charge in [-0.15, -0.1) is 0 Å². The first kappa shape index (κ1) is 26.3. The maximum atomic E-state index is 6.88. The second-order valence-electron chi connectivity index (χ2n) is 12.6. The van der Waals surface area contributed by atoms with Crippen molar-refractivity contribution in [3.05, 3.63) is 0 Å². The van der Waals surface area contributed by atoms with Crippen molar-refractivity contribution in [1.82, 2.24) is 19.8 Å². The molecule has 7 fully saturated rings. The van der Waals surface area contributed by atoms with E-state index in [0.29, 0.717) is 23.4 Å². The maximum absolute atomic E-state index is 6.88. The molecule has 5 saturated heterocycles.